The molecule has 0 aliphatic carbocycles. The summed E-state index contributed by atoms with van der Waals surface area (Å²) in [5, 5.41) is 4.30. The molecule has 0 bridgehead atoms. The first-order valence-electron chi connectivity index (χ1n) is 22.5. The fourth-order valence-corrected chi connectivity index (χ4v) is 9.89. The second-order valence-electron chi connectivity index (χ2n) is 14.3. The van der Waals surface area contributed by atoms with Gasteiger partial charge in [-0.2, -0.15) is 0 Å². The topological polar surface area (TPSA) is 9.86 Å². The zero-order chi connectivity index (χ0) is 43.5. The van der Waals surface area contributed by atoms with E-state index >= 15 is 0 Å². The number of rotatable bonds is 5. The quantitative estimate of drug-likeness (QED) is 0.166. The fourth-order valence-electron chi connectivity index (χ4n) is 8.68. The fraction of sp³-hybridized carbons (Fsp3) is 0. The zero-order valence-corrected chi connectivity index (χ0v) is 31.2. The highest BCUT2D eigenvalue weighted by Gasteiger charge is 2.21. The van der Waals surface area contributed by atoms with E-state index in [4.69, 9.17) is 2.74 Å². The molecule has 0 saturated carbocycles. The van der Waals surface area contributed by atoms with Crippen LogP contribution >= 0.6 is 11.3 Å². The van der Waals surface area contributed by atoms with Crippen molar-refractivity contribution in [2.24, 2.45) is 0 Å². The Kier molecular flexibility index (Phi) is 5.74. The second kappa shape index (κ2) is 12.7. The Morgan fingerprint density at radius 1 is 0.386 bits per heavy atom. The van der Waals surface area contributed by atoms with Gasteiger partial charge in [0.05, 0.1) is 47.7 Å². The Hall–Kier alpha value is -7.20. The van der Waals surface area contributed by atoms with Crippen LogP contribution in [0.3, 0.4) is 0 Å². The first-order valence-corrected chi connectivity index (χ1v) is 19.8. The van der Waals surface area contributed by atoms with Crippen molar-refractivity contribution in [3.63, 3.8) is 0 Å². The predicted molar refractivity (Wildman–Crippen MR) is 244 cm³/mol. The van der Waals surface area contributed by atoms with Crippen LogP contribution in [0.4, 0.5) is 0 Å². The van der Waals surface area contributed by atoms with Gasteiger partial charge in [0.2, 0.25) is 0 Å². The Morgan fingerprint density at radius 2 is 1.05 bits per heavy atom. The van der Waals surface area contributed by atoms with Gasteiger partial charge in [0.1, 0.15) is 0 Å². The third kappa shape index (κ3) is 4.89. The van der Waals surface area contributed by atoms with Crippen molar-refractivity contribution in [2.75, 3.05) is 0 Å². The number of para-hydroxylation sites is 2. The molecule has 0 atom stereocenters. The molecular weight excluding hydrogens is 709 g/mol. The summed E-state index contributed by atoms with van der Waals surface area (Å²) in [5.41, 5.74) is 8.91. The van der Waals surface area contributed by atoms with Gasteiger partial charge in [-0.15, -0.1) is 11.3 Å². The van der Waals surface area contributed by atoms with E-state index in [2.05, 4.69) is 65.2 Å². The van der Waals surface area contributed by atoms with Gasteiger partial charge >= 0.3 is 0 Å². The van der Waals surface area contributed by atoms with Crippen molar-refractivity contribution >= 4 is 75.1 Å². The minimum Gasteiger partial charge on any atom is -0.309 e. The van der Waals surface area contributed by atoms with E-state index in [0.717, 1.165) is 69.9 Å². The Labute approximate surface area is 343 Å². The number of benzene rings is 9. The summed E-state index contributed by atoms with van der Waals surface area (Å²) < 4.78 is 71.7. The van der Waals surface area contributed by atoms with Gasteiger partial charge in [0.15, 0.2) is 0 Å². The summed E-state index contributed by atoms with van der Waals surface area (Å²) >= 11 is 1.57. The van der Waals surface area contributed by atoms with Crippen molar-refractivity contribution in [2.45, 2.75) is 0 Å². The standard InChI is InChI=1S/C54H34N2S/c1-3-15-35(16-4-1)39-19-7-10-24-46(39)55-49-32-30-38(34-45(49)53-40(22-13-26-50(53)55)36-17-5-2-6-18-36)37-29-31-48-44(33-37)41-20-8-11-25-47(41)56(48)51-27-14-23-43-42-21-9-12-28-52(42)57-54(43)51/h1-34H/i8D,11D,20D,25D,29D,31D,33D. The summed E-state index contributed by atoms with van der Waals surface area (Å²) in [7, 11) is 0. The zero-order valence-electron chi connectivity index (χ0n) is 37.4. The lowest BCUT2D eigenvalue weighted by Gasteiger charge is -2.14. The predicted octanol–water partition coefficient (Wildman–Crippen LogP) is 15.2. The molecule has 0 saturated heterocycles. The molecule has 12 aromatic rings. The Bertz CT molecular complexity index is 3930. The van der Waals surface area contributed by atoms with E-state index in [1.807, 2.05) is 103 Å². The molecule has 0 radical (unpaired) electrons. The molecule has 57 heavy (non-hydrogen) atoms. The van der Waals surface area contributed by atoms with Crippen LogP contribution < -0.4 is 0 Å². The van der Waals surface area contributed by atoms with E-state index in [9.17, 15) is 6.85 Å². The maximum absolute atomic E-state index is 10.1. The number of hydrogen-bond donors (Lipinski definition) is 0. The number of fused-ring (bicyclic) bond motifs is 9. The van der Waals surface area contributed by atoms with Gasteiger partial charge in [-0.05, 0) is 82.3 Å². The molecule has 3 heterocycles. The van der Waals surface area contributed by atoms with Crippen LogP contribution in [0.15, 0.2) is 206 Å². The molecule has 3 aromatic heterocycles. The first-order chi connectivity index (χ1) is 31.2. The molecule has 266 valence electrons. The smallest absolute Gasteiger partial charge is 0.0645 e. The van der Waals surface area contributed by atoms with Crippen LogP contribution in [0.2, 0.25) is 0 Å². The third-order valence-corrected chi connectivity index (χ3v) is 12.4. The number of thiophene rings is 1. The summed E-state index contributed by atoms with van der Waals surface area (Å²) in [6, 6.07) is 53.3. The number of nitrogens with zero attached hydrogens (tertiary/aromatic N) is 2. The van der Waals surface area contributed by atoms with Crippen LogP contribution in [0.25, 0.3) is 109 Å². The van der Waals surface area contributed by atoms with Gasteiger partial charge < -0.3 is 9.13 Å². The molecule has 0 N–H and O–H groups in total. The molecular formula is C54H34N2S. The molecule has 0 fully saturated rings. The lowest BCUT2D eigenvalue weighted by atomic mass is 9.97. The second-order valence-corrected chi connectivity index (χ2v) is 15.4. The minimum absolute atomic E-state index is 0.0749. The average molecular weight is 750 g/mol. The lowest BCUT2D eigenvalue weighted by Crippen LogP contribution is -1.97. The Morgan fingerprint density at radius 3 is 1.93 bits per heavy atom. The monoisotopic (exact) mass is 749 g/mol. The molecule has 9 aromatic carbocycles. The molecule has 0 amide bonds. The molecule has 2 nitrogen and oxygen atoms in total. The van der Waals surface area contributed by atoms with Crippen molar-refractivity contribution in [3.8, 4) is 44.8 Å². The summed E-state index contributed by atoms with van der Waals surface area (Å²) in [6.07, 6.45) is 0. The van der Waals surface area contributed by atoms with Crippen LogP contribution in [0.5, 0.6) is 0 Å². The van der Waals surface area contributed by atoms with Gasteiger partial charge in [0.25, 0.3) is 0 Å². The first kappa shape index (κ1) is 25.8. The average Bonchev–Trinajstić information content (AvgIpc) is 4.01. The van der Waals surface area contributed by atoms with Gasteiger partial charge in [0, 0.05) is 42.6 Å². The van der Waals surface area contributed by atoms with Crippen LogP contribution in [-0.2, 0) is 0 Å². The van der Waals surface area contributed by atoms with Crippen molar-refractivity contribution in [3.05, 3.63) is 206 Å². The van der Waals surface area contributed by atoms with Crippen molar-refractivity contribution in [1.82, 2.24) is 9.13 Å². The van der Waals surface area contributed by atoms with Crippen molar-refractivity contribution in [1.29, 1.82) is 0 Å². The minimum atomic E-state index is -0.419. The van der Waals surface area contributed by atoms with E-state index in [1.165, 1.54) is 0 Å². The van der Waals surface area contributed by atoms with Gasteiger partial charge in [-0.25, -0.2) is 0 Å². The van der Waals surface area contributed by atoms with E-state index in [-0.39, 0.29) is 57.6 Å². The largest absolute Gasteiger partial charge is 0.309 e. The van der Waals surface area contributed by atoms with E-state index < -0.39 is 12.1 Å². The van der Waals surface area contributed by atoms with Gasteiger partial charge in [-0.3, -0.25) is 0 Å². The highest BCUT2D eigenvalue weighted by Crippen LogP contribution is 2.44. The maximum Gasteiger partial charge on any atom is 0.0645 e. The third-order valence-electron chi connectivity index (χ3n) is 11.2. The summed E-state index contributed by atoms with van der Waals surface area (Å²) in [6.45, 7) is 0. The molecule has 0 spiro atoms. The number of hydrogen-bond acceptors (Lipinski definition) is 1. The normalized spacial score (nSPS) is 13.6. The Balaban J connectivity index is 1.19. The summed E-state index contributed by atoms with van der Waals surface area (Å²) in [4.78, 5) is 0. The molecule has 12 rings (SSSR count). The lowest BCUT2D eigenvalue weighted by molar-refractivity contribution is 1.18. The SMILES string of the molecule is [2H]c1c([2H])c([2H])c2c(c1[2H])c1c([2H])c(-c3ccc4c(c3)c3c(-c5ccccc5)cccc3n4-c3ccccc3-c3ccccc3)c([2H])c([2H])c1n2-c1cccc2c1sc1ccccc12. The highest BCUT2D eigenvalue weighted by molar-refractivity contribution is 7.26. The number of aromatic nitrogens is 2. The highest BCUT2D eigenvalue weighted by atomic mass is 32.1. The van der Waals surface area contributed by atoms with Gasteiger partial charge in [-0.1, -0.05) is 152 Å². The van der Waals surface area contributed by atoms with Crippen LogP contribution in [0.1, 0.15) is 9.60 Å². The molecule has 0 unspecified atom stereocenters. The molecule has 3 heteroatoms. The van der Waals surface area contributed by atoms with Crippen molar-refractivity contribution < 1.29 is 9.60 Å². The molecule has 0 aliphatic rings. The van der Waals surface area contributed by atoms with Crippen LogP contribution in [0, 0.1) is 0 Å². The summed E-state index contributed by atoms with van der Waals surface area (Å²) in [5.74, 6) is 0. The van der Waals surface area contributed by atoms with E-state index in [1.54, 1.807) is 15.9 Å². The van der Waals surface area contributed by atoms with E-state index in [0.29, 0.717) is 11.3 Å². The maximum atomic E-state index is 10.1. The van der Waals surface area contributed by atoms with Crippen LogP contribution in [-0.4, -0.2) is 9.13 Å². The molecule has 0 aliphatic heterocycles.